The van der Waals surface area contributed by atoms with Crippen LogP contribution in [0.5, 0.6) is 11.5 Å². The minimum Gasteiger partial charge on any atom is -0.457 e. The number of hydrogen-bond acceptors (Lipinski definition) is 3. The third-order valence-corrected chi connectivity index (χ3v) is 3.94. The Kier molecular flexibility index (Phi) is 4.05. The number of rotatable bonds is 4. The van der Waals surface area contributed by atoms with Crippen molar-refractivity contribution in [2.24, 2.45) is 0 Å². The van der Waals surface area contributed by atoms with Gasteiger partial charge in [0.15, 0.2) is 0 Å². The standard InChI is InChI=1S/C16H15BrO3/c17-12-16(18-10-11-19-16)13-6-8-15(9-7-13)20-14-4-2-1-3-5-14/h1-9H,10-12H2. The van der Waals surface area contributed by atoms with E-state index in [1.165, 1.54) is 0 Å². The van der Waals surface area contributed by atoms with Gasteiger partial charge in [-0.1, -0.05) is 34.1 Å². The molecule has 0 unspecified atom stereocenters. The van der Waals surface area contributed by atoms with E-state index in [2.05, 4.69) is 15.9 Å². The van der Waals surface area contributed by atoms with Crippen LogP contribution in [0.1, 0.15) is 5.56 Å². The Labute approximate surface area is 126 Å². The normalized spacial score (nSPS) is 17.1. The SMILES string of the molecule is BrCC1(c2ccc(Oc3ccccc3)cc2)OCCO1. The van der Waals surface area contributed by atoms with Gasteiger partial charge < -0.3 is 14.2 Å². The monoisotopic (exact) mass is 334 g/mol. The molecule has 0 spiro atoms. The van der Waals surface area contributed by atoms with Crippen LogP contribution in [0.25, 0.3) is 0 Å². The number of hydrogen-bond donors (Lipinski definition) is 0. The predicted octanol–water partition coefficient (Wildman–Crippen LogP) is 4.07. The second-order valence-electron chi connectivity index (χ2n) is 4.52. The van der Waals surface area contributed by atoms with Crippen LogP contribution in [0.2, 0.25) is 0 Å². The Balaban J connectivity index is 1.78. The first-order chi connectivity index (χ1) is 9.82. The molecule has 3 rings (SSSR count). The molecule has 0 N–H and O–H groups in total. The first-order valence-electron chi connectivity index (χ1n) is 6.50. The highest BCUT2D eigenvalue weighted by molar-refractivity contribution is 9.09. The molecule has 1 aliphatic heterocycles. The summed E-state index contributed by atoms with van der Waals surface area (Å²) in [7, 11) is 0. The fourth-order valence-electron chi connectivity index (χ4n) is 2.18. The van der Waals surface area contributed by atoms with E-state index in [-0.39, 0.29) is 0 Å². The molecule has 0 saturated carbocycles. The summed E-state index contributed by atoms with van der Waals surface area (Å²) in [6.07, 6.45) is 0. The maximum atomic E-state index is 5.77. The smallest absolute Gasteiger partial charge is 0.204 e. The Morgan fingerprint density at radius 3 is 2.10 bits per heavy atom. The van der Waals surface area contributed by atoms with E-state index in [4.69, 9.17) is 14.2 Å². The molecule has 2 aromatic carbocycles. The zero-order chi connectivity index (χ0) is 13.8. The lowest BCUT2D eigenvalue weighted by atomic mass is 10.1. The molecule has 1 heterocycles. The highest BCUT2D eigenvalue weighted by Gasteiger charge is 2.37. The maximum absolute atomic E-state index is 5.77. The van der Waals surface area contributed by atoms with Crippen LogP contribution < -0.4 is 4.74 Å². The zero-order valence-corrected chi connectivity index (χ0v) is 12.5. The lowest BCUT2D eigenvalue weighted by Gasteiger charge is -2.25. The minimum atomic E-state index is -0.661. The van der Waals surface area contributed by atoms with Crippen LogP contribution in [-0.4, -0.2) is 18.5 Å². The summed E-state index contributed by atoms with van der Waals surface area (Å²) in [6.45, 7) is 1.24. The number of para-hydroxylation sites is 1. The molecule has 0 aliphatic carbocycles. The molecule has 0 radical (unpaired) electrons. The third kappa shape index (κ3) is 2.73. The van der Waals surface area contributed by atoms with Gasteiger partial charge in [0.25, 0.3) is 0 Å². The molecule has 0 atom stereocenters. The average molecular weight is 335 g/mol. The first-order valence-corrected chi connectivity index (χ1v) is 7.62. The lowest BCUT2D eigenvalue weighted by Crippen LogP contribution is -2.28. The van der Waals surface area contributed by atoms with Crippen molar-refractivity contribution in [3.8, 4) is 11.5 Å². The van der Waals surface area contributed by atoms with Crippen LogP contribution >= 0.6 is 15.9 Å². The summed E-state index contributed by atoms with van der Waals surface area (Å²) in [5, 5.41) is 0.610. The van der Waals surface area contributed by atoms with Gasteiger partial charge in [-0.2, -0.15) is 0 Å². The quantitative estimate of drug-likeness (QED) is 0.788. The summed E-state index contributed by atoms with van der Waals surface area (Å²) in [6, 6.07) is 17.5. The van der Waals surface area contributed by atoms with Gasteiger partial charge in [-0.05, 0) is 36.4 Å². The molecule has 0 amide bonds. The number of alkyl halides is 1. The van der Waals surface area contributed by atoms with Crippen molar-refractivity contribution >= 4 is 15.9 Å². The van der Waals surface area contributed by atoms with Crippen molar-refractivity contribution in [2.75, 3.05) is 18.5 Å². The average Bonchev–Trinajstić information content (AvgIpc) is 2.99. The van der Waals surface area contributed by atoms with Crippen molar-refractivity contribution in [3.05, 3.63) is 60.2 Å². The third-order valence-electron chi connectivity index (χ3n) is 3.20. The van der Waals surface area contributed by atoms with Gasteiger partial charge >= 0.3 is 0 Å². The Bertz CT molecular complexity index is 548. The van der Waals surface area contributed by atoms with Crippen molar-refractivity contribution in [1.82, 2.24) is 0 Å². The van der Waals surface area contributed by atoms with Crippen LogP contribution in [0.3, 0.4) is 0 Å². The summed E-state index contributed by atoms with van der Waals surface area (Å²) >= 11 is 3.46. The first kappa shape index (κ1) is 13.6. The molecule has 20 heavy (non-hydrogen) atoms. The van der Waals surface area contributed by atoms with Gasteiger partial charge in [0.1, 0.15) is 11.5 Å². The molecule has 1 saturated heterocycles. The summed E-state index contributed by atoms with van der Waals surface area (Å²) in [5.74, 6) is 0.956. The van der Waals surface area contributed by atoms with Gasteiger partial charge in [-0.25, -0.2) is 0 Å². The molecule has 0 aromatic heterocycles. The highest BCUT2D eigenvalue weighted by atomic mass is 79.9. The molecular formula is C16H15BrO3. The largest absolute Gasteiger partial charge is 0.457 e. The summed E-state index contributed by atoms with van der Waals surface area (Å²) in [4.78, 5) is 0. The van der Waals surface area contributed by atoms with E-state index in [9.17, 15) is 0 Å². The highest BCUT2D eigenvalue weighted by Crippen LogP contribution is 2.34. The van der Waals surface area contributed by atoms with Crippen LogP contribution in [0.15, 0.2) is 54.6 Å². The van der Waals surface area contributed by atoms with E-state index in [0.717, 1.165) is 17.1 Å². The molecule has 1 fully saturated rings. The second-order valence-corrected chi connectivity index (χ2v) is 5.08. The topological polar surface area (TPSA) is 27.7 Å². The van der Waals surface area contributed by atoms with Gasteiger partial charge in [-0.3, -0.25) is 0 Å². The van der Waals surface area contributed by atoms with E-state index >= 15 is 0 Å². The Hall–Kier alpha value is -1.36. The molecular weight excluding hydrogens is 320 g/mol. The fourth-order valence-corrected chi connectivity index (χ4v) is 2.82. The van der Waals surface area contributed by atoms with Gasteiger partial charge in [0.2, 0.25) is 5.79 Å². The van der Waals surface area contributed by atoms with Gasteiger partial charge in [0.05, 0.1) is 18.5 Å². The fraction of sp³-hybridized carbons (Fsp3) is 0.250. The second kappa shape index (κ2) is 5.95. The Morgan fingerprint density at radius 1 is 0.900 bits per heavy atom. The van der Waals surface area contributed by atoms with Crippen molar-refractivity contribution in [3.63, 3.8) is 0 Å². The zero-order valence-electron chi connectivity index (χ0n) is 10.9. The van der Waals surface area contributed by atoms with Crippen LogP contribution in [0.4, 0.5) is 0 Å². The Morgan fingerprint density at radius 2 is 1.50 bits per heavy atom. The number of ether oxygens (including phenoxy) is 3. The summed E-state index contributed by atoms with van der Waals surface area (Å²) < 4.78 is 17.2. The molecule has 0 bridgehead atoms. The number of halogens is 1. The molecule has 1 aliphatic rings. The summed E-state index contributed by atoms with van der Waals surface area (Å²) in [5.41, 5.74) is 0.993. The minimum absolute atomic E-state index is 0.610. The van der Waals surface area contributed by atoms with Crippen molar-refractivity contribution < 1.29 is 14.2 Å². The van der Waals surface area contributed by atoms with Crippen molar-refractivity contribution in [2.45, 2.75) is 5.79 Å². The number of benzene rings is 2. The van der Waals surface area contributed by atoms with Crippen molar-refractivity contribution in [1.29, 1.82) is 0 Å². The van der Waals surface area contributed by atoms with E-state index < -0.39 is 5.79 Å². The lowest BCUT2D eigenvalue weighted by molar-refractivity contribution is -0.144. The maximum Gasteiger partial charge on any atom is 0.204 e. The molecule has 2 aromatic rings. The van der Waals surface area contributed by atoms with E-state index in [0.29, 0.717) is 18.5 Å². The van der Waals surface area contributed by atoms with E-state index in [1.54, 1.807) is 0 Å². The van der Waals surface area contributed by atoms with Gasteiger partial charge in [-0.15, -0.1) is 0 Å². The predicted molar refractivity (Wildman–Crippen MR) is 80.3 cm³/mol. The van der Waals surface area contributed by atoms with Crippen LogP contribution in [-0.2, 0) is 15.3 Å². The molecule has 3 nitrogen and oxygen atoms in total. The van der Waals surface area contributed by atoms with E-state index in [1.807, 2.05) is 54.6 Å². The van der Waals surface area contributed by atoms with Gasteiger partial charge in [0, 0.05) is 5.56 Å². The van der Waals surface area contributed by atoms with Crippen LogP contribution in [0, 0.1) is 0 Å². The molecule has 4 heteroatoms. The molecule has 104 valence electrons.